The summed E-state index contributed by atoms with van der Waals surface area (Å²) in [6.07, 6.45) is 5.66. The molecule has 0 saturated carbocycles. The summed E-state index contributed by atoms with van der Waals surface area (Å²) >= 11 is 0. The molecule has 0 radical (unpaired) electrons. The lowest BCUT2D eigenvalue weighted by molar-refractivity contribution is -0.147. The van der Waals surface area contributed by atoms with Crippen LogP contribution in [0.3, 0.4) is 0 Å². The average molecular weight is 390 g/mol. The zero-order valence-corrected chi connectivity index (χ0v) is 16.4. The Morgan fingerprint density at radius 3 is 2.76 bits per heavy atom. The van der Waals surface area contributed by atoms with E-state index >= 15 is 0 Å². The van der Waals surface area contributed by atoms with Crippen molar-refractivity contribution in [3.8, 4) is 28.5 Å². The van der Waals surface area contributed by atoms with E-state index in [9.17, 15) is 4.79 Å². The number of pyridine rings is 2. The highest BCUT2D eigenvalue weighted by molar-refractivity contribution is 5.74. The number of aryl methyl sites for hydroxylation is 1. The third-order valence-electron chi connectivity index (χ3n) is 4.88. The van der Waals surface area contributed by atoms with Gasteiger partial charge in [-0.2, -0.15) is 0 Å². The molecule has 0 aliphatic heterocycles. The minimum Gasteiger partial charge on any atom is -0.496 e. The van der Waals surface area contributed by atoms with E-state index in [-0.39, 0.29) is 12.1 Å². The van der Waals surface area contributed by atoms with Gasteiger partial charge >= 0.3 is 5.97 Å². The van der Waals surface area contributed by atoms with E-state index in [2.05, 4.69) is 9.97 Å². The predicted octanol–water partition coefficient (Wildman–Crippen LogP) is 4.89. The van der Waals surface area contributed by atoms with Gasteiger partial charge in [-0.05, 0) is 49.1 Å². The molecule has 3 aromatic rings. The number of carbonyl (C=O) groups is 1. The van der Waals surface area contributed by atoms with Crippen LogP contribution in [0.2, 0.25) is 0 Å². The standard InChI is InChI=1S/C23H22N2O4/c1-15(26)28-21-11-5-7-16-13-17(14-25-22(16)21)29-23-19(9-6-12-24-23)18-8-3-4-10-20(18)27-2/h3-4,6,8-10,12-14,21H,5,7,11H2,1-2H3. The third-order valence-corrected chi connectivity index (χ3v) is 4.88. The van der Waals surface area contributed by atoms with Crippen LogP contribution >= 0.6 is 0 Å². The van der Waals surface area contributed by atoms with Gasteiger partial charge in [-0.1, -0.05) is 18.2 Å². The van der Waals surface area contributed by atoms with Gasteiger partial charge in [0.15, 0.2) is 0 Å². The van der Waals surface area contributed by atoms with Crippen LogP contribution in [0.4, 0.5) is 0 Å². The number of fused-ring (bicyclic) bond motifs is 1. The molecule has 0 N–H and O–H groups in total. The lowest BCUT2D eigenvalue weighted by Crippen LogP contribution is -2.17. The Balaban J connectivity index is 1.65. The zero-order chi connectivity index (χ0) is 20.2. The molecule has 0 amide bonds. The van der Waals surface area contributed by atoms with E-state index in [1.807, 2.05) is 42.5 Å². The smallest absolute Gasteiger partial charge is 0.303 e. The first kappa shape index (κ1) is 18.9. The van der Waals surface area contributed by atoms with Crippen molar-refractivity contribution in [3.63, 3.8) is 0 Å². The fourth-order valence-corrected chi connectivity index (χ4v) is 3.63. The van der Waals surface area contributed by atoms with Crippen LogP contribution in [0, 0.1) is 0 Å². The lowest BCUT2D eigenvalue weighted by atomic mass is 9.93. The van der Waals surface area contributed by atoms with Crippen LogP contribution in [-0.4, -0.2) is 23.0 Å². The molecule has 2 aromatic heterocycles. The molecule has 1 aromatic carbocycles. The van der Waals surface area contributed by atoms with E-state index < -0.39 is 0 Å². The van der Waals surface area contributed by atoms with Crippen molar-refractivity contribution in [2.45, 2.75) is 32.3 Å². The minimum atomic E-state index is -0.292. The zero-order valence-electron chi connectivity index (χ0n) is 16.4. The molecule has 0 bridgehead atoms. The molecule has 4 rings (SSSR count). The monoisotopic (exact) mass is 390 g/mol. The van der Waals surface area contributed by atoms with Crippen molar-refractivity contribution < 1.29 is 19.0 Å². The summed E-state index contributed by atoms with van der Waals surface area (Å²) in [5, 5.41) is 0. The number of carbonyl (C=O) groups excluding carboxylic acids is 1. The van der Waals surface area contributed by atoms with E-state index in [0.717, 1.165) is 47.4 Å². The third kappa shape index (κ3) is 4.06. The van der Waals surface area contributed by atoms with Gasteiger partial charge in [0.2, 0.25) is 5.88 Å². The fourth-order valence-electron chi connectivity index (χ4n) is 3.63. The lowest BCUT2D eigenvalue weighted by Gasteiger charge is -2.24. The van der Waals surface area contributed by atoms with Gasteiger partial charge in [0.25, 0.3) is 0 Å². The van der Waals surface area contributed by atoms with Crippen molar-refractivity contribution in [1.82, 2.24) is 9.97 Å². The molecule has 29 heavy (non-hydrogen) atoms. The number of benzene rings is 1. The molecule has 6 nitrogen and oxygen atoms in total. The van der Waals surface area contributed by atoms with Crippen molar-refractivity contribution in [3.05, 3.63) is 66.1 Å². The average Bonchev–Trinajstić information content (AvgIpc) is 2.74. The normalized spacial score (nSPS) is 15.3. The van der Waals surface area contributed by atoms with E-state index in [4.69, 9.17) is 14.2 Å². The Kier molecular flexibility index (Phi) is 5.42. The number of para-hydroxylation sites is 1. The van der Waals surface area contributed by atoms with Gasteiger partial charge in [-0.3, -0.25) is 9.78 Å². The Hall–Kier alpha value is -3.41. The number of esters is 1. The van der Waals surface area contributed by atoms with E-state index in [0.29, 0.717) is 11.6 Å². The molecular formula is C23H22N2O4. The van der Waals surface area contributed by atoms with Crippen LogP contribution < -0.4 is 9.47 Å². The second-order valence-corrected chi connectivity index (χ2v) is 6.86. The van der Waals surface area contributed by atoms with Crippen molar-refractivity contribution >= 4 is 5.97 Å². The van der Waals surface area contributed by atoms with Crippen molar-refractivity contribution in [2.75, 3.05) is 7.11 Å². The van der Waals surface area contributed by atoms with Crippen molar-refractivity contribution in [2.24, 2.45) is 0 Å². The number of hydrogen-bond acceptors (Lipinski definition) is 6. The van der Waals surface area contributed by atoms with Gasteiger partial charge < -0.3 is 14.2 Å². The fraction of sp³-hybridized carbons (Fsp3) is 0.261. The van der Waals surface area contributed by atoms with Gasteiger partial charge in [-0.25, -0.2) is 4.98 Å². The number of aromatic nitrogens is 2. The maximum absolute atomic E-state index is 11.4. The summed E-state index contributed by atoms with van der Waals surface area (Å²) in [6.45, 7) is 1.42. The van der Waals surface area contributed by atoms with Crippen molar-refractivity contribution in [1.29, 1.82) is 0 Å². The maximum atomic E-state index is 11.4. The highest BCUT2D eigenvalue weighted by Gasteiger charge is 2.25. The molecule has 0 spiro atoms. The summed E-state index contributed by atoms with van der Waals surface area (Å²) < 4.78 is 17.0. The Bertz CT molecular complexity index is 1030. The van der Waals surface area contributed by atoms with E-state index in [1.165, 1.54) is 6.92 Å². The molecule has 2 heterocycles. The molecule has 6 heteroatoms. The maximum Gasteiger partial charge on any atom is 0.303 e. The topological polar surface area (TPSA) is 70.5 Å². The largest absolute Gasteiger partial charge is 0.496 e. The van der Waals surface area contributed by atoms with Gasteiger partial charge in [0, 0.05) is 24.2 Å². The Labute approximate surface area is 169 Å². The van der Waals surface area contributed by atoms with Crippen LogP contribution in [0.5, 0.6) is 17.4 Å². The predicted molar refractivity (Wildman–Crippen MR) is 108 cm³/mol. The number of ether oxygens (including phenoxy) is 3. The van der Waals surface area contributed by atoms with Crippen LogP contribution in [-0.2, 0) is 16.0 Å². The molecule has 0 fully saturated rings. The van der Waals surface area contributed by atoms with Crippen LogP contribution in [0.25, 0.3) is 11.1 Å². The number of nitrogens with zero attached hydrogens (tertiary/aromatic N) is 2. The molecule has 148 valence electrons. The van der Waals surface area contributed by atoms with Crippen LogP contribution in [0.15, 0.2) is 54.9 Å². The Morgan fingerprint density at radius 2 is 1.93 bits per heavy atom. The summed E-state index contributed by atoms with van der Waals surface area (Å²) in [4.78, 5) is 20.3. The summed E-state index contributed by atoms with van der Waals surface area (Å²) in [5.74, 6) is 1.53. The molecular weight excluding hydrogens is 368 g/mol. The number of hydrogen-bond donors (Lipinski definition) is 0. The number of methoxy groups -OCH3 is 1. The summed E-state index contributed by atoms with van der Waals surface area (Å²) in [5.41, 5.74) is 3.58. The minimum absolute atomic E-state index is 0.288. The second kappa shape index (κ2) is 8.31. The molecule has 1 aliphatic rings. The molecule has 1 atom stereocenters. The number of rotatable bonds is 5. The highest BCUT2D eigenvalue weighted by atomic mass is 16.5. The van der Waals surface area contributed by atoms with E-state index in [1.54, 1.807) is 19.5 Å². The van der Waals surface area contributed by atoms with Gasteiger partial charge in [0.1, 0.15) is 17.6 Å². The van der Waals surface area contributed by atoms with Crippen LogP contribution in [0.1, 0.15) is 37.1 Å². The first-order valence-corrected chi connectivity index (χ1v) is 9.58. The molecule has 1 aliphatic carbocycles. The molecule has 0 saturated heterocycles. The first-order valence-electron chi connectivity index (χ1n) is 9.58. The first-order chi connectivity index (χ1) is 14.2. The van der Waals surface area contributed by atoms with Gasteiger partial charge in [-0.15, -0.1) is 0 Å². The quantitative estimate of drug-likeness (QED) is 0.578. The highest BCUT2D eigenvalue weighted by Crippen LogP contribution is 2.38. The summed E-state index contributed by atoms with van der Waals surface area (Å²) in [6, 6.07) is 13.5. The SMILES string of the molecule is COc1ccccc1-c1cccnc1Oc1cnc2c(c1)CCCC2OC(C)=O. The Morgan fingerprint density at radius 1 is 1.10 bits per heavy atom. The summed E-state index contributed by atoms with van der Waals surface area (Å²) in [7, 11) is 1.64. The van der Waals surface area contributed by atoms with Gasteiger partial charge in [0.05, 0.1) is 19.0 Å². The second-order valence-electron chi connectivity index (χ2n) is 6.86. The molecule has 1 unspecified atom stereocenters.